The van der Waals surface area contributed by atoms with Crippen molar-refractivity contribution in [1.29, 1.82) is 0 Å². The molecule has 0 N–H and O–H groups in total. The number of hydrogen-bond donors (Lipinski definition) is 0. The zero-order valence-corrected chi connectivity index (χ0v) is 19.7. The van der Waals surface area contributed by atoms with Gasteiger partial charge in [-0.05, 0) is 62.1 Å². The van der Waals surface area contributed by atoms with Gasteiger partial charge >= 0.3 is 6.18 Å². The van der Waals surface area contributed by atoms with Crippen LogP contribution in [0.3, 0.4) is 0 Å². The lowest BCUT2D eigenvalue weighted by Crippen LogP contribution is -2.24. The molecule has 3 atom stereocenters. The first-order valence-corrected chi connectivity index (χ1v) is 12.4. The predicted octanol–water partition coefficient (Wildman–Crippen LogP) is 4.47. The first kappa shape index (κ1) is 22.7. The van der Waals surface area contributed by atoms with Gasteiger partial charge in [-0.1, -0.05) is 30.0 Å². The number of likely N-dealkylation sites (tertiary alicyclic amines) is 1. The van der Waals surface area contributed by atoms with Crippen molar-refractivity contribution >= 4 is 11.8 Å². The molecule has 1 aliphatic heterocycles. The lowest BCUT2D eigenvalue weighted by Gasteiger charge is -2.21. The fraction of sp³-hybridized carbons (Fsp3) is 0.609. The average molecular weight is 479 g/mol. The fourth-order valence-corrected chi connectivity index (χ4v) is 6.32. The molecule has 1 spiro atoms. The lowest BCUT2D eigenvalue weighted by atomic mass is 9.87. The molecule has 33 heavy (non-hydrogen) atoms. The Morgan fingerprint density at radius 1 is 1.24 bits per heavy atom. The molecule has 0 amide bonds. The van der Waals surface area contributed by atoms with E-state index < -0.39 is 11.7 Å². The molecule has 0 radical (unpaired) electrons. The molecule has 3 heterocycles. The Labute approximate surface area is 195 Å². The third-order valence-electron chi connectivity index (χ3n) is 7.43. The molecule has 2 unspecified atom stereocenters. The Morgan fingerprint density at radius 3 is 2.79 bits per heavy atom. The first-order chi connectivity index (χ1) is 15.8. The van der Waals surface area contributed by atoms with E-state index in [1.54, 1.807) is 22.6 Å². The largest absolute Gasteiger partial charge is 0.416 e. The molecule has 0 bridgehead atoms. The minimum Gasteiger partial charge on any atom is -0.304 e. The fourth-order valence-electron chi connectivity index (χ4n) is 5.48. The summed E-state index contributed by atoms with van der Waals surface area (Å²) in [4.78, 5) is 2.53. The second-order valence-corrected chi connectivity index (χ2v) is 10.6. The number of rotatable bonds is 7. The van der Waals surface area contributed by atoms with Gasteiger partial charge in [-0.3, -0.25) is 4.68 Å². The molecule has 0 aromatic carbocycles. The Kier molecular flexibility index (Phi) is 5.93. The van der Waals surface area contributed by atoms with Gasteiger partial charge in [0.2, 0.25) is 0 Å². The Morgan fingerprint density at radius 2 is 2.09 bits per heavy atom. The normalized spacial score (nSPS) is 27.5. The van der Waals surface area contributed by atoms with E-state index in [1.165, 1.54) is 18.6 Å². The van der Waals surface area contributed by atoms with Crippen LogP contribution in [0.1, 0.15) is 25.7 Å². The average Bonchev–Trinajstić information content (AvgIpc) is 3.05. The molecule has 2 aliphatic carbocycles. The van der Waals surface area contributed by atoms with Crippen molar-refractivity contribution in [3.8, 4) is 11.5 Å². The number of halogens is 3. The van der Waals surface area contributed by atoms with Crippen molar-refractivity contribution in [2.24, 2.45) is 31.3 Å². The highest BCUT2D eigenvalue weighted by Crippen LogP contribution is 2.63. The van der Waals surface area contributed by atoms with Gasteiger partial charge in [-0.2, -0.15) is 18.3 Å². The minimum atomic E-state index is -4.23. The van der Waals surface area contributed by atoms with Gasteiger partial charge in [0.15, 0.2) is 11.0 Å². The topological polar surface area (TPSA) is 51.8 Å². The zero-order valence-electron chi connectivity index (χ0n) is 18.9. The monoisotopic (exact) mass is 478 g/mol. The second kappa shape index (κ2) is 8.61. The van der Waals surface area contributed by atoms with E-state index >= 15 is 0 Å². The number of alkyl halides is 3. The Bertz CT molecular complexity index is 1070. The third-order valence-corrected chi connectivity index (χ3v) is 8.54. The smallest absolute Gasteiger partial charge is 0.304 e. The van der Waals surface area contributed by atoms with Gasteiger partial charge in [0.05, 0.1) is 5.57 Å². The number of aryl methyl sites for hydroxylation is 1. The van der Waals surface area contributed by atoms with Crippen molar-refractivity contribution in [3.05, 3.63) is 36.1 Å². The molecular weight excluding hydrogens is 449 g/mol. The van der Waals surface area contributed by atoms with Crippen molar-refractivity contribution in [2.45, 2.75) is 37.0 Å². The van der Waals surface area contributed by atoms with E-state index in [4.69, 9.17) is 0 Å². The summed E-state index contributed by atoms with van der Waals surface area (Å²) in [6, 6.07) is 1.93. The summed E-state index contributed by atoms with van der Waals surface area (Å²) in [5.74, 6) is 2.58. The van der Waals surface area contributed by atoms with Gasteiger partial charge in [-0.25, -0.2) is 0 Å². The highest BCUT2D eigenvalue weighted by molar-refractivity contribution is 7.99. The van der Waals surface area contributed by atoms with Crippen molar-refractivity contribution in [3.63, 3.8) is 0 Å². The van der Waals surface area contributed by atoms with Crippen molar-refractivity contribution in [1.82, 2.24) is 29.4 Å². The molecular formula is C23H29F3N6S. The molecule has 178 valence electrons. The number of hydrogen-bond acceptors (Lipinski definition) is 5. The van der Waals surface area contributed by atoms with Crippen LogP contribution in [0.25, 0.3) is 11.5 Å². The molecule has 2 aromatic heterocycles. The van der Waals surface area contributed by atoms with E-state index in [-0.39, 0.29) is 5.92 Å². The number of allylic oxidation sites excluding steroid dienone is 4. The van der Waals surface area contributed by atoms with E-state index in [9.17, 15) is 13.2 Å². The van der Waals surface area contributed by atoms with Crippen molar-refractivity contribution < 1.29 is 13.2 Å². The quantitative estimate of drug-likeness (QED) is 0.434. The highest BCUT2D eigenvalue weighted by Gasteiger charge is 2.59. The SMILES string of the molecule is Cn1nccc1-c1nnc(SCCCN2CCC3(CC3[C@@H]3C=CC(C(F)(F)F)=CC3)C2)n1C. The van der Waals surface area contributed by atoms with Crippen LogP contribution in [0.5, 0.6) is 0 Å². The van der Waals surface area contributed by atoms with Crippen LogP contribution in [0.15, 0.2) is 41.2 Å². The second-order valence-electron chi connectivity index (χ2n) is 9.52. The summed E-state index contributed by atoms with van der Waals surface area (Å²) in [5, 5.41) is 13.8. The number of aromatic nitrogens is 5. The van der Waals surface area contributed by atoms with Gasteiger partial charge in [0.1, 0.15) is 5.69 Å². The zero-order chi connectivity index (χ0) is 23.2. The van der Waals surface area contributed by atoms with Crippen LogP contribution in [-0.2, 0) is 14.1 Å². The predicted molar refractivity (Wildman–Crippen MR) is 122 cm³/mol. The molecule has 1 saturated heterocycles. The van der Waals surface area contributed by atoms with Gasteiger partial charge in [0.25, 0.3) is 0 Å². The molecule has 3 aliphatic rings. The van der Waals surface area contributed by atoms with E-state index in [1.807, 2.05) is 30.8 Å². The molecule has 5 rings (SSSR count). The van der Waals surface area contributed by atoms with E-state index in [2.05, 4.69) is 20.2 Å². The van der Waals surface area contributed by atoms with Gasteiger partial charge < -0.3 is 9.47 Å². The van der Waals surface area contributed by atoms with Crippen LogP contribution in [-0.4, -0.2) is 61.0 Å². The maximum absolute atomic E-state index is 12.9. The summed E-state index contributed by atoms with van der Waals surface area (Å²) in [6.45, 7) is 3.22. The number of nitrogens with zero attached hydrogens (tertiary/aromatic N) is 6. The van der Waals surface area contributed by atoms with Crippen LogP contribution in [0.2, 0.25) is 0 Å². The van der Waals surface area contributed by atoms with Crippen molar-refractivity contribution in [2.75, 3.05) is 25.4 Å². The molecule has 10 heteroatoms. The maximum Gasteiger partial charge on any atom is 0.416 e. The molecule has 2 fully saturated rings. The minimum absolute atomic E-state index is 0.260. The Hall–Kier alpha value is -2.07. The van der Waals surface area contributed by atoms with Gasteiger partial charge in [-0.15, -0.1) is 10.2 Å². The van der Waals surface area contributed by atoms with Crippen LogP contribution in [0.4, 0.5) is 13.2 Å². The molecule has 6 nitrogen and oxygen atoms in total. The Balaban J connectivity index is 1.06. The van der Waals surface area contributed by atoms with E-state index in [0.717, 1.165) is 54.9 Å². The highest BCUT2D eigenvalue weighted by atomic mass is 32.2. The number of thioether (sulfide) groups is 1. The standard InChI is InChI=1S/C23H29F3N6S/c1-30-20(19-8-10-27-31(19)2)28-29-21(30)33-13-3-11-32-12-9-22(15-32)14-18(22)16-4-6-17(7-5-16)23(24,25)26/h4,6-8,10,16,18H,3,5,9,11-15H2,1-2H3/t16-,18?,22?/m1/s1. The van der Waals surface area contributed by atoms with Gasteiger partial charge in [0, 0.05) is 32.6 Å². The molecule has 2 aromatic rings. The summed E-state index contributed by atoms with van der Waals surface area (Å²) in [7, 11) is 3.87. The van der Waals surface area contributed by atoms with Crippen LogP contribution < -0.4 is 0 Å². The third kappa shape index (κ3) is 4.51. The summed E-state index contributed by atoms with van der Waals surface area (Å²) < 4.78 is 42.4. The van der Waals surface area contributed by atoms with Crippen LogP contribution >= 0.6 is 11.8 Å². The van der Waals surface area contributed by atoms with Crippen LogP contribution in [0, 0.1) is 17.3 Å². The summed E-state index contributed by atoms with van der Waals surface area (Å²) in [6.07, 6.45) is 5.92. The first-order valence-electron chi connectivity index (χ1n) is 11.5. The van der Waals surface area contributed by atoms with E-state index in [0.29, 0.717) is 17.8 Å². The maximum atomic E-state index is 12.9. The summed E-state index contributed by atoms with van der Waals surface area (Å²) >= 11 is 1.72. The summed E-state index contributed by atoms with van der Waals surface area (Å²) in [5.41, 5.74) is 0.776. The lowest BCUT2D eigenvalue weighted by molar-refractivity contribution is -0.0887. The molecule has 1 saturated carbocycles.